The van der Waals surface area contributed by atoms with E-state index >= 15 is 0 Å². The summed E-state index contributed by atoms with van der Waals surface area (Å²) in [4.78, 5) is 43.2. The van der Waals surface area contributed by atoms with E-state index in [2.05, 4.69) is 10.1 Å². The smallest absolute Gasteiger partial charge is 0.256 e. The molecule has 3 unspecified atom stereocenters. The molecule has 0 bridgehead atoms. The van der Waals surface area contributed by atoms with E-state index in [-0.39, 0.29) is 42.5 Å². The molecule has 8 nitrogen and oxygen atoms in total. The largest absolute Gasteiger partial charge is 0.368 e. The first-order valence-corrected chi connectivity index (χ1v) is 11.8. The van der Waals surface area contributed by atoms with Gasteiger partial charge in [-0.25, -0.2) is 4.39 Å². The Kier molecular flexibility index (Phi) is 6.36. The van der Waals surface area contributed by atoms with Crippen LogP contribution in [-0.2, 0) is 20.7 Å². The summed E-state index contributed by atoms with van der Waals surface area (Å²) in [6.45, 7) is 0.456. The molecule has 2 saturated heterocycles. The predicted octanol–water partition coefficient (Wildman–Crippen LogP) is 2.00. The van der Waals surface area contributed by atoms with Crippen molar-refractivity contribution in [2.45, 2.75) is 31.0 Å². The van der Waals surface area contributed by atoms with Crippen molar-refractivity contribution in [2.75, 3.05) is 13.2 Å². The Bertz CT molecular complexity index is 1130. The van der Waals surface area contributed by atoms with E-state index < -0.39 is 12.1 Å². The number of hydrogen-bond acceptors (Lipinski definition) is 7. The number of hydrazine groups is 1. The number of carbonyl (C=O) groups excluding carboxylic acids is 3. The molecule has 0 spiro atoms. The molecule has 3 heterocycles. The van der Waals surface area contributed by atoms with Gasteiger partial charge in [0.1, 0.15) is 29.5 Å². The Morgan fingerprint density at radius 3 is 2.71 bits per heavy atom. The zero-order valence-electron chi connectivity index (χ0n) is 18.1. The first-order valence-electron chi connectivity index (χ1n) is 11.0. The number of amides is 2. The summed E-state index contributed by atoms with van der Waals surface area (Å²) in [6.07, 6.45) is 2.30. The minimum absolute atomic E-state index is 0.0229. The van der Waals surface area contributed by atoms with Crippen LogP contribution in [0.25, 0.3) is 0 Å². The Balaban J connectivity index is 1.37. The number of nitrogens with one attached hydrogen (secondary N) is 2. The molecule has 3 aliphatic heterocycles. The highest BCUT2D eigenvalue weighted by molar-refractivity contribution is 8.01. The van der Waals surface area contributed by atoms with E-state index in [1.807, 2.05) is 6.07 Å². The second kappa shape index (κ2) is 9.57. The van der Waals surface area contributed by atoms with Crippen molar-refractivity contribution >= 4 is 29.5 Å². The van der Waals surface area contributed by atoms with Crippen molar-refractivity contribution in [1.82, 2.24) is 20.1 Å². The van der Waals surface area contributed by atoms with Gasteiger partial charge >= 0.3 is 0 Å². The van der Waals surface area contributed by atoms with Gasteiger partial charge in [0, 0.05) is 24.7 Å². The zero-order valence-corrected chi connectivity index (χ0v) is 19.0. The van der Waals surface area contributed by atoms with Crippen LogP contribution in [0.5, 0.6) is 0 Å². The van der Waals surface area contributed by atoms with Crippen LogP contribution >= 0.6 is 11.9 Å². The second-order valence-corrected chi connectivity index (χ2v) is 9.17. The maximum absolute atomic E-state index is 13.7. The quantitative estimate of drug-likeness (QED) is 0.609. The van der Waals surface area contributed by atoms with Gasteiger partial charge in [0.2, 0.25) is 5.91 Å². The van der Waals surface area contributed by atoms with Gasteiger partial charge in [-0.1, -0.05) is 30.3 Å². The van der Waals surface area contributed by atoms with E-state index in [0.717, 1.165) is 5.56 Å². The summed E-state index contributed by atoms with van der Waals surface area (Å²) in [5.74, 6) is -0.939. The Hall–Kier alpha value is -3.21. The molecule has 2 aromatic carbocycles. The van der Waals surface area contributed by atoms with Gasteiger partial charge in [-0.3, -0.25) is 19.4 Å². The fraction of sp³-hybridized carbons (Fsp3) is 0.292. The molecule has 3 aliphatic rings. The topological polar surface area (TPSA) is 91.0 Å². The van der Waals surface area contributed by atoms with Crippen LogP contribution in [0.15, 0.2) is 65.8 Å². The van der Waals surface area contributed by atoms with Crippen molar-refractivity contribution in [3.8, 4) is 0 Å². The normalized spacial score (nSPS) is 22.5. The second-order valence-electron chi connectivity index (χ2n) is 8.34. The first kappa shape index (κ1) is 22.6. The molecule has 3 atom stereocenters. The number of Topliss-reactive ketones (excluding diaryl/α,β-unsaturated/α-hetero) is 1. The highest BCUT2D eigenvalue weighted by Gasteiger charge is 2.48. The first-order chi connectivity index (χ1) is 16.5. The van der Waals surface area contributed by atoms with Gasteiger partial charge in [0.25, 0.3) is 5.91 Å². The van der Waals surface area contributed by atoms with Crippen LogP contribution < -0.4 is 10.1 Å². The molecule has 2 N–H and O–H groups in total. The summed E-state index contributed by atoms with van der Waals surface area (Å²) in [6, 6.07) is 13.5. The van der Waals surface area contributed by atoms with Gasteiger partial charge in [0.15, 0.2) is 5.78 Å². The Morgan fingerprint density at radius 2 is 1.94 bits per heavy atom. The number of nitrogens with zero attached hydrogens (tertiary/aromatic N) is 2. The van der Waals surface area contributed by atoms with Gasteiger partial charge in [-0.05, 0) is 48.2 Å². The summed E-state index contributed by atoms with van der Waals surface area (Å²) in [5.41, 5.74) is 1.29. The van der Waals surface area contributed by atoms with E-state index in [0.29, 0.717) is 23.6 Å². The molecule has 0 radical (unpaired) electrons. The lowest BCUT2D eigenvalue weighted by Gasteiger charge is -2.32. The van der Waals surface area contributed by atoms with E-state index in [4.69, 9.17) is 4.74 Å². The molecular formula is C24H23FN4O4S. The minimum Gasteiger partial charge on any atom is -0.368 e. The Labute approximate surface area is 200 Å². The van der Waals surface area contributed by atoms with Crippen molar-refractivity contribution in [1.29, 1.82) is 0 Å². The number of ether oxygens (including phenoxy) is 1. The molecule has 34 heavy (non-hydrogen) atoms. The third-order valence-electron chi connectivity index (χ3n) is 6.15. The zero-order chi connectivity index (χ0) is 23.7. The minimum atomic E-state index is -0.712. The SMILES string of the molecule is O=C(NC1=CN(C(Cc2ccc(F)cc2)C(=O)N2CCC3OCC(=O)C32)NS1)c1ccccc1. The van der Waals surface area contributed by atoms with Crippen LogP contribution in [0.1, 0.15) is 22.3 Å². The van der Waals surface area contributed by atoms with Crippen molar-refractivity contribution in [2.24, 2.45) is 0 Å². The van der Waals surface area contributed by atoms with Crippen LogP contribution in [0.4, 0.5) is 4.39 Å². The van der Waals surface area contributed by atoms with Crippen molar-refractivity contribution in [3.63, 3.8) is 0 Å². The van der Waals surface area contributed by atoms with Crippen LogP contribution in [0.3, 0.4) is 0 Å². The number of carbonyl (C=O) groups is 3. The average Bonchev–Trinajstić information content (AvgIpc) is 3.57. The molecule has 2 aromatic rings. The molecular weight excluding hydrogens is 459 g/mol. The number of rotatable bonds is 6. The van der Waals surface area contributed by atoms with Gasteiger partial charge < -0.3 is 15.0 Å². The van der Waals surface area contributed by atoms with Gasteiger partial charge in [0.05, 0.1) is 6.10 Å². The Morgan fingerprint density at radius 1 is 1.18 bits per heavy atom. The maximum Gasteiger partial charge on any atom is 0.256 e. The van der Waals surface area contributed by atoms with E-state index in [1.54, 1.807) is 52.5 Å². The molecule has 176 valence electrons. The lowest BCUT2D eigenvalue weighted by atomic mass is 10.0. The number of likely N-dealkylation sites (tertiary alicyclic amines) is 1. The lowest BCUT2D eigenvalue weighted by molar-refractivity contribution is -0.140. The molecule has 5 rings (SSSR count). The third-order valence-corrected chi connectivity index (χ3v) is 6.88. The van der Waals surface area contributed by atoms with Gasteiger partial charge in [-0.2, -0.15) is 4.83 Å². The predicted molar refractivity (Wildman–Crippen MR) is 123 cm³/mol. The lowest BCUT2D eigenvalue weighted by Crippen LogP contribution is -2.53. The third kappa shape index (κ3) is 4.56. The molecule has 2 fully saturated rings. The van der Waals surface area contributed by atoms with Crippen molar-refractivity contribution < 1.29 is 23.5 Å². The molecule has 10 heteroatoms. The van der Waals surface area contributed by atoms with Gasteiger partial charge in [-0.15, -0.1) is 0 Å². The monoisotopic (exact) mass is 482 g/mol. The molecule has 2 amide bonds. The number of benzene rings is 2. The van der Waals surface area contributed by atoms with Crippen molar-refractivity contribution in [3.05, 3.63) is 82.8 Å². The summed E-state index contributed by atoms with van der Waals surface area (Å²) in [5, 5.41) is 5.00. The van der Waals surface area contributed by atoms with Crippen LogP contribution in [-0.4, -0.2) is 58.8 Å². The average molecular weight is 483 g/mol. The fourth-order valence-corrected chi connectivity index (χ4v) is 5.14. The van der Waals surface area contributed by atoms with Crippen LogP contribution in [0, 0.1) is 5.82 Å². The molecule has 0 aliphatic carbocycles. The fourth-order valence-electron chi connectivity index (χ4n) is 4.45. The molecule has 0 saturated carbocycles. The molecule has 0 aromatic heterocycles. The number of hydrogen-bond donors (Lipinski definition) is 2. The maximum atomic E-state index is 13.7. The van der Waals surface area contributed by atoms with E-state index in [1.165, 1.54) is 24.1 Å². The number of fused-ring (bicyclic) bond motifs is 1. The highest BCUT2D eigenvalue weighted by Crippen LogP contribution is 2.30. The number of halogens is 1. The van der Waals surface area contributed by atoms with Crippen LogP contribution in [0.2, 0.25) is 0 Å². The summed E-state index contributed by atoms with van der Waals surface area (Å²) >= 11 is 1.18. The standard InChI is InChI=1S/C24H23FN4O4S/c25-17-8-6-15(7-9-17)12-18(24(32)28-11-10-20-22(28)19(30)14-33-20)29-13-21(34-27-29)26-23(31)16-4-2-1-3-5-16/h1-9,13,18,20,22,27H,10-12,14H2,(H,26,31). The summed E-state index contributed by atoms with van der Waals surface area (Å²) < 4.78 is 19.0. The summed E-state index contributed by atoms with van der Waals surface area (Å²) in [7, 11) is 0. The van der Waals surface area contributed by atoms with E-state index in [9.17, 15) is 18.8 Å². The number of ketones is 1. The highest BCUT2D eigenvalue weighted by atomic mass is 32.2.